The fourth-order valence-corrected chi connectivity index (χ4v) is 9.90. The van der Waals surface area contributed by atoms with Crippen LogP contribution in [0.1, 0.15) is 0 Å². The van der Waals surface area contributed by atoms with Crippen molar-refractivity contribution in [2.24, 2.45) is 0 Å². The van der Waals surface area contributed by atoms with Gasteiger partial charge in [0.25, 0.3) is 0 Å². The van der Waals surface area contributed by atoms with E-state index in [1.54, 1.807) is 11.3 Å². The number of nitrogens with zero attached hydrogens (tertiary/aromatic N) is 2. The highest BCUT2D eigenvalue weighted by Crippen LogP contribution is 2.46. The molecule has 2 aromatic heterocycles. The molecule has 2 heterocycles. The summed E-state index contributed by atoms with van der Waals surface area (Å²) in [6.07, 6.45) is 0. The first-order valence-corrected chi connectivity index (χ1v) is 20.1. The molecule has 0 saturated heterocycles. The van der Waals surface area contributed by atoms with Crippen molar-refractivity contribution in [2.75, 3.05) is 4.90 Å². The molecule has 0 aliphatic carbocycles. The van der Waals surface area contributed by atoms with E-state index < -0.39 is 0 Å². The van der Waals surface area contributed by atoms with Gasteiger partial charge in [0.05, 0.1) is 15.9 Å². The van der Waals surface area contributed by atoms with Crippen LogP contribution in [0, 0.1) is 0 Å². The summed E-state index contributed by atoms with van der Waals surface area (Å²) in [5.74, 6) is 0. The zero-order chi connectivity index (χ0) is 37.5. The number of thiazole rings is 1. The maximum Gasteiger partial charge on any atom is 0.138 e. The summed E-state index contributed by atoms with van der Waals surface area (Å²) >= 11 is 1.76. The molecule has 0 unspecified atom stereocenters. The number of rotatable bonds is 5. The Labute approximate surface area is 332 Å². The molecule has 12 rings (SSSR count). The van der Waals surface area contributed by atoms with Gasteiger partial charge in [0.1, 0.15) is 16.2 Å². The largest absolute Gasteiger partial charge is 0.456 e. The quantitative estimate of drug-likeness (QED) is 0.164. The number of hydrogen-bond donors (Lipinski definition) is 0. The average molecular weight is 745 g/mol. The third-order valence-corrected chi connectivity index (χ3v) is 12.6. The van der Waals surface area contributed by atoms with Crippen LogP contribution >= 0.6 is 11.3 Å². The Morgan fingerprint density at radius 3 is 1.93 bits per heavy atom. The third-order valence-electron chi connectivity index (χ3n) is 11.4. The predicted molar refractivity (Wildman–Crippen MR) is 242 cm³/mol. The highest BCUT2D eigenvalue weighted by Gasteiger charge is 2.22. The van der Waals surface area contributed by atoms with Crippen molar-refractivity contribution in [3.63, 3.8) is 0 Å². The Morgan fingerprint density at radius 1 is 0.421 bits per heavy atom. The van der Waals surface area contributed by atoms with Gasteiger partial charge in [-0.3, -0.25) is 0 Å². The second kappa shape index (κ2) is 12.6. The summed E-state index contributed by atoms with van der Waals surface area (Å²) in [6, 6.07) is 69.8. The smallest absolute Gasteiger partial charge is 0.138 e. The molecule has 0 amide bonds. The summed E-state index contributed by atoms with van der Waals surface area (Å²) in [5, 5.41) is 13.0. The van der Waals surface area contributed by atoms with Gasteiger partial charge in [-0.05, 0) is 85.9 Å². The zero-order valence-corrected chi connectivity index (χ0v) is 31.5. The van der Waals surface area contributed by atoms with Gasteiger partial charge in [-0.25, -0.2) is 4.98 Å². The summed E-state index contributed by atoms with van der Waals surface area (Å²) in [6.45, 7) is 0. The van der Waals surface area contributed by atoms with Gasteiger partial charge < -0.3 is 9.32 Å². The van der Waals surface area contributed by atoms with Crippen LogP contribution in [-0.2, 0) is 0 Å². The van der Waals surface area contributed by atoms with Crippen molar-refractivity contribution in [3.05, 3.63) is 194 Å². The van der Waals surface area contributed by atoms with E-state index in [0.29, 0.717) is 0 Å². The van der Waals surface area contributed by atoms with Crippen LogP contribution in [0.4, 0.5) is 17.1 Å². The molecule has 0 spiro atoms. The summed E-state index contributed by atoms with van der Waals surface area (Å²) in [5.41, 5.74) is 9.49. The molecule has 0 saturated carbocycles. The van der Waals surface area contributed by atoms with E-state index in [4.69, 9.17) is 9.40 Å². The fraction of sp³-hybridized carbons (Fsp3) is 0. The van der Waals surface area contributed by atoms with Crippen molar-refractivity contribution in [3.8, 4) is 21.7 Å². The maximum atomic E-state index is 6.62. The molecule has 0 aliphatic rings. The van der Waals surface area contributed by atoms with E-state index in [1.807, 2.05) is 6.07 Å². The number of aromatic nitrogens is 1. The van der Waals surface area contributed by atoms with Crippen molar-refractivity contribution in [1.82, 2.24) is 4.98 Å². The lowest BCUT2D eigenvalue weighted by Gasteiger charge is -2.27. The second-order valence-corrected chi connectivity index (χ2v) is 15.7. The van der Waals surface area contributed by atoms with Crippen LogP contribution in [0.3, 0.4) is 0 Å². The van der Waals surface area contributed by atoms with Crippen molar-refractivity contribution in [2.45, 2.75) is 0 Å². The van der Waals surface area contributed by atoms with Crippen LogP contribution in [0.2, 0.25) is 0 Å². The molecule has 57 heavy (non-hydrogen) atoms. The molecule has 266 valence electrons. The number of fused-ring (bicyclic) bond motifs is 11. The van der Waals surface area contributed by atoms with E-state index in [1.165, 1.54) is 48.1 Å². The van der Waals surface area contributed by atoms with Gasteiger partial charge in [-0.2, -0.15) is 0 Å². The van der Waals surface area contributed by atoms with Crippen molar-refractivity contribution in [1.29, 1.82) is 0 Å². The first-order valence-electron chi connectivity index (χ1n) is 19.3. The van der Waals surface area contributed by atoms with Gasteiger partial charge in [0.2, 0.25) is 0 Å². The van der Waals surface area contributed by atoms with Crippen LogP contribution in [-0.4, -0.2) is 4.98 Å². The van der Waals surface area contributed by atoms with Gasteiger partial charge in [0, 0.05) is 44.5 Å². The first kappa shape index (κ1) is 32.0. The zero-order valence-electron chi connectivity index (χ0n) is 30.7. The minimum Gasteiger partial charge on any atom is -0.456 e. The molecule has 4 heteroatoms. The Morgan fingerprint density at radius 2 is 1.09 bits per heavy atom. The Bertz CT molecular complexity index is 3530. The van der Waals surface area contributed by atoms with Crippen LogP contribution in [0.5, 0.6) is 0 Å². The summed E-state index contributed by atoms with van der Waals surface area (Å²) in [4.78, 5) is 7.49. The monoisotopic (exact) mass is 744 g/mol. The van der Waals surface area contributed by atoms with E-state index in [-0.39, 0.29) is 0 Å². The maximum absolute atomic E-state index is 6.62. The van der Waals surface area contributed by atoms with Crippen LogP contribution in [0.15, 0.2) is 199 Å². The van der Waals surface area contributed by atoms with Crippen molar-refractivity contribution < 1.29 is 4.42 Å². The minimum absolute atomic E-state index is 0.868. The number of para-hydroxylation sites is 1. The molecule has 0 fully saturated rings. The van der Waals surface area contributed by atoms with Crippen molar-refractivity contribution >= 4 is 104 Å². The molecular weight excluding hydrogens is 713 g/mol. The third kappa shape index (κ3) is 5.08. The second-order valence-electron chi connectivity index (χ2n) is 14.7. The molecule has 0 radical (unpaired) electrons. The molecule has 0 bridgehead atoms. The predicted octanol–water partition coefficient (Wildman–Crippen LogP) is 15.6. The lowest BCUT2D eigenvalue weighted by Crippen LogP contribution is -2.10. The van der Waals surface area contributed by atoms with Gasteiger partial charge >= 0.3 is 0 Å². The number of furan rings is 1. The van der Waals surface area contributed by atoms with Crippen LogP contribution in [0.25, 0.3) is 96.9 Å². The first-order chi connectivity index (χ1) is 28.2. The molecule has 0 N–H and O–H groups in total. The molecule has 12 aromatic rings. The SMILES string of the molecule is c1ccc(-c2nc3ccc4ccc(N(c5ccc(-c6cc7ccccc7c7ccccc67)cc5)c5cc6oc7ccccc7c6c6ccccc56)cc4c3s2)cc1. The summed E-state index contributed by atoms with van der Waals surface area (Å²) < 4.78 is 7.80. The molecule has 0 aliphatic heterocycles. The number of benzene rings is 10. The minimum atomic E-state index is 0.868. The Hall–Kier alpha value is -7.27. The number of hydrogen-bond acceptors (Lipinski definition) is 4. The van der Waals surface area contributed by atoms with E-state index in [9.17, 15) is 0 Å². The van der Waals surface area contributed by atoms with E-state index in [0.717, 1.165) is 65.9 Å². The topological polar surface area (TPSA) is 29.3 Å². The lowest BCUT2D eigenvalue weighted by molar-refractivity contribution is 0.669. The molecular formula is C53H32N2OS. The molecule has 10 aromatic carbocycles. The Kier molecular flexibility index (Phi) is 7.10. The molecule has 3 nitrogen and oxygen atoms in total. The Balaban J connectivity index is 1.09. The number of anilines is 3. The van der Waals surface area contributed by atoms with Gasteiger partial charge in [0.15, 0.2) is 0 Å². The van der Waals surface area contributed by atoms with Gasteiger partial charge in [-0.15, -0.1) is 11.3 Å². The van der Waals surface area contributed by atoms with Gasteiger partial charge in [-0.1, -0.05) is 146 Å². The fourth-order valence-electron chi connectivity index (χ4n) is 8.80. The average Bonchev–Trinajstić information content (AvgIpc) is 3.89. The van der Waals surface area contributed by atoms with E-state index >= 15 is 0 Å². The standard InChI is InChI=1S/C53H32N2OS/c1-2-12-35(13-3-1)53-54-47-29-25-34-24-28-38(31-46(34)52(47)57-53)55(48-32-50-51(43-19-9-8-18-42(43)48)44-20-10-11-21-49(44)56-50)37-26-22-33(23-27-37)45-30-36-14-4-5-15-39(36)40-16-6-7-17-41(40)45/h1-32H. The molecule has 0 atom stereocenters. The van der Waals surface area contributed by atoms with E-state index in [2.05, 4.69) is 193 Å². The summed E-state index contributed by atoms with van der Waals surface area (Å²) in [7, 11) is 0. The highest BCUT2D eigenvalue weighted by molar-refractivity contribution is 7.22. The lowest BCUT2D eigenvalue weighted by atomic mass is 9.93. The highest BCUT2D eigenvalue weighted by atomic mass is 32.1. The normalized spacial score (nSPS) is 11.9. The van der Waals surface area contributed by atoms with Crippen LogP contribution < -0.4 is 4.90 Å².